The van der Waals surface area contributed by atoms with Crippen LogP contribution in [0.25, 0.3) is 16.7 Å². The molecule has 31 heavy (non-hydrogen) atoms. The predicted octanol–water partition coefficient (Wildman–Crippen LogP) is 4.48. The summed E-state index contributed by atoms with van der Waals surface area (Å²) < 4.78 is 2.11. The predicted molar refractivity (Wildman–Crippen MR) is 123 cm³/mol. The second-order valence-corrected chi connectivity index (χ2v) is 8.06. The lowest BCUT2D eigenvalue weighted by atomic mass is 10.1. The number of likely N-dealkylation sites (tertiary alicyclic amines) is 1. The molecule has 0 aliphatic carbocycles. The molecule has 2 heterocycles. The van der Waals surface area contributed by atoms with E-state index in [1.54, 1.807) is 0 Å². The number of hydrogen-bond donors (Lipinski definition) is 1. The molecule has 1 aliphatic heterocycles. The van der Waals surface area contributed by atoms with E-state index in [1.165, 1.54) is 11.1 Å². The molecule has 5 heteroatoms. The second-order valence-electron chi connectivity index (χ2n) is 8.06. The van der Waals surface area contributed by atoms with Crippen LogP contribution in [-0.4, -0.2) is 33.4 Å². The van der Waals surface area contributed by atoms with Crippen molar-refractivity contribution in [2.45, 2.75) is 25.4 Å². The fourth-order valence-electron chi connectivity index (χ4n) is 4.27. The molecular weight excluding hydrogens is 384 g/mol. The van der Waals surface area contributed by atoms with E-state index in [1.807, 2.05) is 35.5 Å². The highest BCUT2D eigenvalue weighted by atomic mass is 16.2. The van der Waals surface area contributed by atoms with E-state index in [9.17, 15) is 4.79 Å². The number of benzene rings is 3. The summed E-state index contributed by atoms with van der Waals surface area (Å²) in [5, 5.41) is 3.67. The minimum atomic E-state index is 0.112. The van der Waals surface area contributed by atoms with Gasteiger partial charge >= 0.3 is 0 Å². The van der Waals surface area contributed by atoms with Crippen LogP contribution in [-0.2, 0) is 11.3 Å². The average Bonchev–Trinajstić information content (AvgIpc) is 3.43. The molecule has 3 aromatic carbocycles. The number of imidazole rings is 1. The number of nitrogens with zero attached hydrogens (tertiary/aromatic N) is 3. The summed E-state index contributed by atoms with van der Waals surface area (Å²) in [6.07, 6.45) is 3.51. The van der Waals surface area contributed by atoms with Crippen molar-refractivity contribution in [3.8, 4) is 5.69 Å². The zero-order chi connectivity index (χ0) is 21.0. The van der Waals surface area contributed by atoms with Crippen molar-refractivity contribution in [2.75, 3.05) is 13.1 Å². The number of nitrogens with one attached hydrogen (secondary N) is 1. The van der Waals surface area contributed by atoms with Crippen LogP contribution < -0.4 is 5.32 Å². The van der Waals surface area contributed by atoms with E-state index in [0.29, 0.717) is 13.0 Å². The highest BCUT2D eigenvalue weighted by Crippen LogP contribution is 2.21. The van der Waals surface area contributed by atoms with Gasteiger partial charge < -0.3 is 10.2 Å². The summed E-state index contributed by atoms with van der Waals surface area (Å²) in [4.78, 5) is 18.6. The Bertz CT molecular complexity index is 1170. The van der Waals surface area contributed by atoms with Crippen LogP contribution in [0.1, 0.15) is 30.0 Å². The van der Waals surface area contributed by atoms with Gasteiger partial charge in [0.15, 0.2) is 0 Å². The molecule has 5 nitrogen and oxygen atoms in total. The van der Waals surface area contributed by atoms with Crippen LogP contribution >= 0.6 is 0 Å². The number of rotatable bonds is 7. The van der Waals surface area contributed by atoms with Gasteiger partial charge in [0.1, 0.15) is 6.33 Å². The van der Waals surface area contributed by atoms with E-state index >= 15 is 0 Å². The Morgan fingerprint density at radius 2 is 1.71 bits per heavy atom. The van der Waals surface area contributed by atoms with Crippen molar-refractivity contribution in [1.82, 2.24) is 19.8 Å². The first-order valence-corrected chi connectivity index (χ1v) is 10.9. The van der Waals surface area contributed by atoms with Crippen molar-refractivity contribution < 1.29 is 4.79 Å². The third-order valence-electron chi connectivity index (χ3n) is 6.00. The van der Waals surface area contributed by atoms with Gasteiger partial charge in [-0.05, 0) is 41.8 Å². The number of amides is 1. The van der Waals surface area contributed by atoms with Gasteiger partial charge in [-0.1, -0.05) is 54.6 Å². The normalized spacial score (nSPS) is 15.0. The van der Waals surface area contributed by atoms with Gasteiger partial charge in [-0.25, -0.2) is 4.98 Å². The third kappa shape index (κ3) is 4.23. The molecule has 0 bridgehead atoms. The summed E-state index contributed by atoms with van der Waals surface area (Å²) in [6, 6.07) is 27.2. The molecule has 1 amide bonds. The minimum Gasteiger partial charge on any atom is -0.341 e. The lowest BCUT2D eigenvalue weighted by Crippen LogP contribution is -2.35. The molecule has 1 aromatic heterocycles. The minimum absolute atomic E-state index is 0.112. The summed E-state index contributed by atoms with van der Waals surface area (Å²) in [7, 11) is 0. The Kier molecular flexibility index (Phi) is 5.50. The highest BCUT2D eigenvalue weighted by Gasteiger charge is 2.24. The zero-order valence-electron chi connectivity index (χ0n) is 17.4. The molecule has 0 spiro atoms. The Morgan fingerprint density at radius 3 is 2.48 bits per heavy atom. The fourth-order valence-corrected chi connectivity index (χ4v) is 4.27. The molecule has 4 aromatic rings. The maximum atomic E-state index is 12.1. The van der Waals surface area contributed by atoms with Gasteiger partial charge in [0, 0.05) is 31.7 Å². The van der Waals surface area contributed by atoms with Gasteiger partial charge in [0.25, 0.3) is 0 Å². The molecular formula is C26H26N4O. The van der Waals surface area contributed by atoms with Crippen molar-refractivity contribution in [3.05, 3.63) is 96.3 Å². The zero-order valence-corrected chi connectivity index (χ0v) is 17.4. The van der Waals surface area contributed by atoms with E-state index < -0.39 is 0 Å². The van der Waals surface area contributed by atoms with E-state index in [4.69, 9.17) is 0 Å². The number of aromatic nitrogens is 2. The number of carbonyl (C=O) groups is 1. The SMILES string of the molecule is O=C1CCCN1CC(NCc1ccc(-n2cnc3ccccc32)cc1)c1ccccc1. The molecule has 0 radical (unpaired) electrons. The summed E-state index contributed by atoms with van der Waals surface area (Å²) in [5.41, 5.74) is 5.62. The number of carbonyl (C=O) groups excluding carboxylic acids is 1. The quantitative estimate of drug-likeness (QED) is 0.489. The summed E-state index contributed by atoms with van der Waals surface area (Å²) in [6.45, 7) is 2.31. The maximum Gasteiger partial charge on any atom is 0.222 e. The highest BCUT2D eigenvalue weighted by molar-refractivity contribution is 5.78. The largest absolute Gasteiger partial charge is 0.341 e. The molecule has 0 saturated carbocycles. The monoisotopic (exact) mass is 410 g/mol. The van der Waals surface area contributed by atoms with Gasteiger partial charge in [-0.2, -0.15) is 0 Å². The summed E-state index contributed by atoms with van der Waals surface area (Å²) >= 11 is 0. The Morgan fingerprint density at radius 1 is 0.935 bits per heavy atom. The molecule has 1 saturated heterocycles. The fraction of sp³-hybridized carbons (Fsp3) is 0.231. The third-order valence-corrected chi connectivity index (χ3v) is 6.00. The first-order chi connectivity index (χ1) is 15.3. The smallest absolute Gasteiger partial charge is 0.222 e. The Hall–Kier alpha value is -3.44. The lowest BCUT2D eigenvalue weighted by Gasteiger charge is -2.25. The van der Waals surface area contributed by atoms with E-state index in [-0.39, 0.29) is 11.9 Å². The number of fused-ring (bicyclic) bond motifs is 1. The van der Waals surface area contributed by atoms with Crippen LogP contribution in [0, 0.1) is 0 Å². The van der Waals surface area contributed by atoms with Crippen molar-refractivity contribution in [1.29, 1.82) is 0 Å². The lowest BCUT2D eigenvalue weighted by molar-refractivity contribution is -0.128. The van der Waals surface area contributed by atoms with Crippen LogP contribution in [0.5, 0.6) is 0 Å². The van der Waals surface area contributed by atoms with Gasteiger partial charge in [0.05, 0.1) is 17.1 Å². The number of para-hydroxylation sites is 2. The first-order valence-electron chi connectivity index (χ1n) is 10.9. The maximum absolute atomic E-state index is 12.1. The Labute approximate surface area is 182 Å². The van der Waals surface area contributed by atoms with Gasteiger partial charge in [-0.3, -0.25) is 9.36 Å². The standard InChI is InChI=1S/C26H26N4O/c31-26-11-6-16-29(26)18-24(21-7-2-1-3-8-21)27-17-20-12-14-22(15-13-20)30-19-28-23-9-4-5-10-25(23)30/h1-5,7-10,12-15,19,24,27H,6,11,16-18H2. The van der Waals surface area contributed by atoms with E-state index in [0.717, 1.165) is 36.2 Å². The van der Waals surface area contributed by atoms with Crippen molar-refractivity contribution in [2.24, 2.45) is 0 Å². The molecule has 1 unspecified atom stereocenters. The topological polar surface area (TPSA) is 50.2 Å². The van der Waals surface area contributed by atoms with Crippen LogP contribution in [0.2, 0.25) is 0 Å². The Balaban J connectivity index is 1.30. The van der Waals surface area contributed by atoms with Crippen LogP contribution in [0.4, 0.5) is 0 Å². The van der Waals surface area contributed by atoms with Crippen molar-refractivity contribution >= 4 is 16.9 Å². The van der Waals surface area contributed by atoms with Crippen molar-refractivity contribution in [3.63, 3.8) is 0 Å². The molecule has 156 valence electrons. The first kappa shape index (κ1) is 19.5. The molecule has 1 fully saturated rings. The van der Waals surface area contributed by atoms with E-state index in [2.05, 4.69) is 69.5 Å². The molecule has 1 aliphatic rings. The molecule has 5 rings (SSSR count). The van der Waals surface area contributed by atoms with Crippen LogP contribution in [0.15, 0.2) is 85.2 Å². The molecule has 1 N–H and O–H groups in total. The van der Waals surface area contributed by atoms with Crippen LogP contribution in [0.3, 0.4) is 0 Å². The molecule has 1 atom stereocenters. The van der Waals surface area contributed by atoms with Gasteiger partial charge in [-0.15, -0.1) is 0 Å². The average molecular weight is 411 g/mol. The second kappa shape index (κ2) is 8.74. The van der Waals surface area contributed by atoms with Gasteiger partial charge in [0.2, 0.25) is 5.91 Å². The summed E-state index contributed by atoms with van der Waals surface area (Å²) in [5.74, 6) is 0.264. The number of hydrogen-bond acceptors (Lipinski definition) is 3.